The van der Waals surface area contributed by atoms with Gasteiger partial charge in [0.1, 0.15) is 0 Å². The molecule has 0 aromatic carbocycles. The van der Waals surface area contributed by atoms with E-state index in [2.05, 4.69) is 24.1 Å². The van der Waals surface area contributed by atoms with Crippen molar-refractivity contribution in [2.75, 3.05) is 12.4 Å². The van der Waals surface area contributed by atoms with Crippen LogP contribution in [0.15, 0.2) is 18.3 Å². The highest BCUT2D eigenvalue weighted by Crippen LogP contribution is 2.22. The molecule has 1 unspecified atom stereocenters. The zero-order valence-electron chi connectivity index (χ0n) is 9.79. The average Bonchev–Trinajstić information content (AvgIpc) is 2.29. The summed E-state index contributed by atoms with van der Waals surface area (Å²) >= 11 is 0. The van der Waals surface area contributed by atoms with Gasteiger partial charge < -0.3 is 10.1 Å². The first-order valence-corrected chi connectivity index (χ1v) is 5.57. The third-order valence-corrected chi connectivity index (χ3v) is 2.46. The molecule has 0 saturated heterocycles. The van der Waals surface area contributed by atoms with Gasteiger partial charge in [-0.1, -0.05) is 20.3 Å². The van der Waals surface area contributed by atoms with Gasteiger partial charge in [-0.15, -0.1) is 0 Å². The SMILES string of the molecule is CCCC(CC)Nc1ncccc1OC. The van der Waals surface area contributed by atoms with Crippen LogP contribution >= 0.6 is 0 Å². The maximum atomic E-state index is 5.24. The first-order chi connectivity index (χ1) is 7.31. The molecule has 15 heavy (non-hydrogen) atoms. The Bertz CT molecular complexity index is 289. The van der Waals surface area contributed by atoms with Crippen molar-refractivity contribution in [3.05, 3.63) is 18.3 Å². The van der Waals surface area contributed by atoms with Crippen LogP contribution in [0.1, 0.15) is 33.1 Å². The van der Waals surface area contributed by atoms with Crippen molar-refractivity contribution in [1.29, 1.82) is 0 Å². The van der Waals surface area contributed by atoms with Gasteiger partial charge in [-0.05, 0) is 25.0 Å². The summed E-state index contributed by atoms with van der Waals surface area (Å²) in [5, 5.41) is 3.41. The van der Waals surface area contributed by atoms with Crippen LogP contribution in [0.4, 0.5) is 5.82 Å². The zero-order valence-corrected chi connectivity index (χ0v) is 9.79. The fourth-order valence-electron chi connectivity index (χ4n) is 1.58. The molecule has 0 aliphatic rings. The molecule has 3 nitrogen and oxygen atoms in total. The summed E-state index contributed by atoms with van der Waals surface area (Å²) in [6.45, 7) is 4.38. The molecule has 1 heterocycles. The van der Waals surface area contributed by atoms with Gasteiger partial charge in [0.2, 0.25) is 0 Å². The highest BCUT2D eigenvalue weighted by atomic mass is 16.5. The largest absolute Gasteiger partial charge is 0.493 e. The molecule has 0 spiro atoms. The van der Waals surface area contributed by atoms with Crippen molar-refractivity contribution < 1.29 is 4.74 Å². The molecule has 3 heteroatoms. The lowest BCUT2D eigenvalue weighted by Crippen LogP contribution is -2.19. The van der Waals surface area contributed by atoms with E-state index in [9.17, 15) is 0 Å². The van der Waals surface area contributed by atoms with Gasteiger partial charge in [0.25, 0.3) is 0 Å². The van der Waals surface area contributed by atoms with E-state index in [-0.39, 0.29) is 0 Å². The number of ether oxygens (including phenoxy) is 1. The van der Waals surface area contributed by atoms with Crippen LogP contribution < -0.4 is 10.1 Å². The third-order valence-electron chi connectivity index (χ3n) is 2.46. The lowest BCUT2D eigenvalue weighted by Gasteiger charge is -2.18. The van der Waals surface area contributed by atoms with Crippen molar-refractivity contribution >= 4 is 5.82 Å². The second-order valence-electron chi connectivity index (χ2n) is 3.59. The van der Waals surface area contributed by atoms with Crippen LogP contribution in [0.5, 0.6) is 5.75 Å². The fourth-order valence-corrected chi connectivity index (χ4v) is 1.58. The molecular formula is C12H20N2O. The van der Waals surface area contributed by atoms with E-state index >= 15 is 0 Å². The number of methoxy groups -OCH3 is 1. The average molecular weight is 208 g/mol. The van der Waals surface area contributed by atoms with Crippen LogP contribution in [-0.4, -0.2) is 18.1 Å². The molecule has 0 fully saturated rings. The van der Waals surface area contributed by atoms with Gasteiger partial charge in [0.05, 0.1) is 7.11 Å². The predicted molar refractivity (Wildman–Crippen MR) is 63.4 cm³/mol. The van der Waals surface area contributed by atoms with E-state index in [1.54, 1.807) is 13.3 Å². The third kappa shape index (κ3) is 3.42. The van der Waals surface area contributed by atoms with Crippen LogP contribution in [0.2, 0.25) is 0 Å². The van der Waals surface area contributed by atoms with Crippen LogP contribution in [0.3, 0.4) is 0 Å². The molecule has 0 bridgehead atoms. The smallest absolute Gasteiger partial charge is 0.168 e. The number of nitrogens with one attached hydrogen (secondary N) is 1. The Morgan fingerprint density at radius 1 is 1.47 bits per heavy atom. The van der Waals surface area contributed by atoms with Gasteiger partial charge in [-0.25, -0.2) is 4.98 Å². The summed E-state index contributed by atoms with van der Waals surface area (Å²) in [7, 11) is 1.67. The Balaban J connectivity index is 2.69. The van der Waals surface area contributed by atoms with Crippen LogP contribution in [-0.2, 0) is 0 Å². The highest BCUT2D eigenvalue weighted by Gasteiger charge is 2.08. The van der Waals surface area contributed by atoms with Crippen LogP contribution in [0, 0.1) is 0 Å². The molecule has 0 saturated carbocycles. The van der Waals surface area contributed by atoms with Gasteiger partial charge in [0.15, 0.2) is 11.6 Å². The molecule has 0 amide bonds. The molecule has 84 valence electrons. The number of anilines is 1. The predicted octanol–water partition coefficient (Wildman–Crippen LogP) is 3.08. The number of hydrogen-bond donors (Lipinski definition) is 1. The minimum Gasteiger partial charge on any atom is -0.493 e. The lowest BCUT2D eigenvalue weighted by atomic mass is 10.1. The Morgan fingerprint density at radius 2 is 2.27 bits per heavy atom. The van der Waals surface area contributed by atoms with Crippen molar-refractivity contribution in [1.82, 2.24) is 4.98 Å². The monoisotopic (exact) mass is 208 g/mol. The van der Waals surface area contributed by atoms with Gasteiger partial charge >= 0.3 is 0 Å². The fraction of sp³-hybridized carbons (Fsp3) is 0.583. The summed E-state index contributed by atoms with van der Waals surface area (Å²) in [5.41, 5.74) is 0. The number of rotatable bonds is 6. The van der Waals surface area contributed by atoms with E-state index < -0.39 is 0 Å². The number of hydrogen-bond acceptors (Lipinski definition) is 3. The molecule has 0 radical (unpaired) electrons. The van der Waals surface area contributed by atoms with E-state index in [0.717, 1.165) is 24.4 Å². The molecule has 1 aromatic rings. The summed E-state index contributed by atoms with van der Waals surface area (Å²) < 4.78 is 5.24. The highest BCUT2D eigenvalue weighted by molar-refractivity contribution is 5.49. The molecular weight excluding hydrogens is 188 g/mol. The summed E-state index contributed by atoms with van der Waals surface area (Å²) in [5.74, 6) is 1.66. The zero-order chi connectivity index (χ0) is 11.1. The number of aromatic nitrogens is 1. The van der Waals surface area contributed by atoms with Crippen LogP contribution in [0.25, 0.3) is 0 Å². The van der Waals surface area contributed by atoms with Crippen molar-refractivity contribution in [2.45, 2.75) is 39.2 Å². The number of nitrogens with zero attached hydrogens (tertiary/aromatic N) is 1. The second-order valence-corrected chi connectivity index (χ2v) is 3.59. The molecule has 0 aliphatic heterocycles. The normalized spacial score (nSPS) is 12.2. The maximum Gasteiger partial charge on any atom is 0.168 e. The first-order valence-electron chi connectivity index (χ1n) is 5.57. The Morgan fingerprint density at radius 3 is 2.87 bits per heavy atom. The maximum absolute atomic E-state index is 5.24. The van der Waals surface area contributed by atoms with Gasteiger partial charge in [0, 0.05) is 12.2 Å². The standard InChI is InChI=1S/C12H20N2O/c1-4-7-10(5-2)14-12-11(15-3)8-6-9-13-12/h6,8-10H,4-5,7H2,1-3H3,(H,13,14). The molecule has 1 aromatic heterocycles. The van der Waals surface area contributed by atoms with Gasteiger partial charge in [-0.3, -0.25) is 0 Å². The van der Waals surface area contributed by atoms with Crippen molar-refractivity contribution in [3.63, 3.8) is 0 Å². The van der Waals surface area contributed by atoms with Gasteiger partial charge in [-0.2, -0.15) is 0 Å². The van der Waals surface area contributed by atoms with Crippen molar-refractivity contribution in [3.8, 4) is 5.75 Å². The molecule has 0 aliphatic carbocycles. The Kier molecular flexibility index (Phi) is 4.95. The minimum atomic E-state index is 0.485. The Labute approximate surface area is 91.9 Å². The van der Waals surface area contributed by atoms with E-state index in [1.165, 1.54) is 6.42 Å². The second kappa shape index (κ2) is 6.27. The Hall–Kier alpha value is -1.25. The van der Waals surface area contributed by atoms with E-state index in [4.69, 9.17) is 4.74 Å². The summed E-state index contributed by atoms with van der Waals surface area (Å²) in [4.78, 5) is 4.28. The minimum absolute atomic E-state index is 0.485. The first kappa shape index (κ1) is 11.8. The molecule has 1 atom stereocenters. The topological polar surface area (TPSA) is 34.2 Å². The molecule has 1 N–H and O–H groups in total. The summed E-state index contributed by atoms with van der Waals surface area (Å²) in [6.07, 6.45) is 5.23. The van der Waals surface area contributed by atoms with E-state index in [1.807, 2.05) is 12.1 Å². The summed E-state index contributed by atoms with van der Waals surface area (Å²) in [6, 6.07) is 4.29. The lowest BCUT2D eigenvalue weighted by molar-refractivity contribution is 0.414. The van der Waals surface area contributed by atoms with Crippen molar-refractivity contribution in [2.24, 2.45) is 0 Å². The molecule has 1 rings (SSSR count). The van der Waals surface area contributed by atoms with E-state index in [0.29, 0.717) is 6.04 Å². The quantitative estimate of drug-likeness (QED) is 0.780. The number of pyridine rings is 1.